The Kier molecular flexibility index (Phi) is 4.07. The number of nitrogens with zero attached hydrogens (tertiary/aromatic N) is 2. The summed E-state index contributed by atoms with van der Waals surface area (Å²) < 4.78 is 0. The molecule has 1 heterocycles. The van der Waals surface area contributed by atoms with E-state index in [4.69, 9.17) is 5.84 Å². The Balaban J connectivity index is 2.69. The van der Waals surface area contributed by atoms with Gasteiger partial charge < -0.3 is 15.6 Å². The maximum Gasteiger partial charge on any atom is 0.244 e. The smallest absolute Gasteiger partial charge is 0.244 e. The molecule has 1 aromatic heterocycles. The van der Waals surface area contributed by atoms with Gasteiger partial charge in [0.05, 0.1) is 0 Å². The molecule has 88 valence electrons. The van der Waals surface area contributed by atoms with Crippen molar-refractivity contribution >= 4 is 17.4 Å². The van der Waals surface area contributed by atoms with Crippen LogP contribution in [-0.4, -0.2) is 35.9 Å². The lowest BCUT2D eigenvalue weighted by atomic mass is 10.2. The Morgan fingerprint density at radius 1 is 1.56 bits per heavy atom. The van der Waals surface area contributed by atoms with E-state index in [9.17, 15) is 4.79 Å². The van der Waals surface area contributed by atoms with Gasteiger partial charge in [0.15, 0.2) is 0 Å². The molecule has 0 fully saturated rings. The molecule has 1 amide bonds. The maximum atomic E-state index is 11.6. The molecule has 0 saturated carbocycles. The van der Waals surface area contributed by atoms with E-state index in [-0.39, 0.29) is 11.9 Å². The van der Waals surface area contributed by atoms with Crippen molar-refractivity contribution in [2.45, 2.75) is 13.0 Å². The van der Waals surface area contributed by atoms with Gasteiger partial charge in [0.25, 0.3) is 0 Å². The van der Waals surface area contributed by atoms with Crippen LogP contribution in [0.3, 0.4) is 0 Å². The summed E-state index contributed by atoms with van der Waals surface area (Å²) in [6.45, 7) is 1.80. The van der Waals surface area contributed by atoms with Crippen LogP contribution in [0.1, 0.15) is 6.92 Å². The van der Waals surface area contributed by atoms with Crippen molar-refractivity contribution < 1.29 is 4.79 Å². The van der Waals surface area contributed by atoms with Gasteiger partial charge in [-0.1, -0.05) is 0 Å². The van der Waals surface area contributed by atoms with Gasteiger partial charge >= 0.3 is 0 Å². The average molecular weight is 223 g/mol. The van der Waals surface area contributed by atoms with Crippen molar-refractivity contribution in [1.82, 2.24) is 9.88 Å². The molecule has 4 N–H and O–H groups in total. The van der Waals surface area contributed by atoms with E-state index in [1.807, 2.05) is 0 Å². The van der Waals surface area contributed by atoms with Crippen molar-refractivity contribution in [3.05, 3.63) is 18.3 Å². The van der Waals surface area contributed by atoms with Crippen LogP contribution in [0.25, 0.3) is 0 Å². The van der Waals surface area contributed by atoms with Crippen molar-refractivity contribution in [2.24, 2.45) is 5.84 Å². The number of pyridine rings is 1. The molecule has 0 spiro atoms. The highest BCUT2D eigenvalue weighted by molar-refractivity contribution is 5.83. The minimum atomic E-state index is -0.289. The van der Waals surface area contributed by atoms with Crippen LogP contribution in [-0.2, 0) is 4.79 Å². The van der Waals surface area contributed by atoms with Gasteiger partial charge in [0.2, 0.25) is 5.91 Å². The highest BCUT2D eigenvalue weighted by atomic mass is 16.2. The Morgan fingerprint density at radius 2 is 2.25 bits per heavy atom. The number of nitrogens with one attached hydrogen (secondary N) is 2. The molecule has 0 aliphatic heterocycles. The third-order valence-electron chi connectivity index (χ3n) is 2.10. The lowest BCUT2D eigenvalue weighted by molar-refractivity contribution is -0.129. The molecule has 1 unspecified atom stereocenters. The molecule has 0 radical (unpaired) electrons. The highest BCUT2D eigenvalue weighted by Gasteiger charge is 2.14. The van der Waals surface area contributed by atoms with Gasteiger partial charge in [-0.15, -0.1) is 0 Å². The van der Waals surface area contributed by atoms with Crippen molar-refractivity contribution in [1.29, 1.82) is 0 Å². The topological polar surface area (TPSA) is 83.3 Å². The van der Waals surface area contributed by atoms with Crippen LogP contribution >= 0.6 is 0 Å². The number of hydrogen-bond donors (Lipinski definition) is 3. The molecule has 1 atom stereocenters. The Morgan fingerprint density at radius 3 is 2.81 bits per heavy atom. The van der Waals surface area contributed by atoms with Crippen LogP contribution < -0.4 is 16.6 Å². The SMILES string of the molecule is CC(Nc1ccnc(NN)c1)C(=O)N(C)C. The van der Waals surface area contributed by atoms with Crippen LogP contribution in [0.2, 0.25) is 0 Å². The molecular formula is C10H17N5O. The number of hydrogen-bond acceptors (Lipinski definition) is 5. The normalized spacial score (nSPS) is 11.8. The fourth-order valence-corrected chi connectivity index (χ4v) is 1.30. The van der Waals surface area contributed by atoms with Crippen molar-refractivity contribution in [3.63, 3.8) is 0 Å². The zero-order valence-electron chi connectivity index (χ0n) is 9.69. The second-order valence-corrected chi connectivity index (χ2v) is 3.67. The molecule has 1 aromatic rings. The van der Waals surface area contributed by atoms with Gasteiger partial charge in [-0.05, 0) is 13.0 Å². The second-order valence-electron chi connectivity index (χ2n) is 3.67. The summed E-state index contributed by atoms with van der Waals surface area (Å²) in [5.74, 6) is 5.81. The molecule has 0 aromatic carbocycles. The molecular weight excluding hydrogens is 206 g/mol. The second kappa shape index (κ2) is 5.32. The maximum absolute atomic E-state index is 11.6. The zero-order chi connectivity index (χ0) is 12.1. The van der Waals surface area contributed by atoms with E-state index in [0.717, 1.165) is 5.69 Å². The first kappa shape index (κ1) is 12.3. The van der Waals surface area contributed by atoms with E-state index in [0.29, 0.717) is 5.82 Å². The molecule has 0 aliphatic rings. The molecule has 6 nitrogen and oxygen atoms in total. The van der Waals surface area contributed by atoms with Gasteiger partial charge in [-0.25, -0.2) is 10.8 Å². The quantitative estimate of drug-likeness (QED) is 0.503. The molecule has 16 heavy (non-hydrogen) atoms. The summed E-state index contributed by atoms with van der Waals surface area (Å²) in [6, 6.07) is 3.22. The molecule has 6 heteroatoms. The minimum Gasteiger partial charge on any atom is -0.374 e. The molecule has 0 saturated heterocycles. The number of carbonyl (C=O) groups is 1. The van der Waals surface area contributed by atoms with Gasteiger partial charge in [-0.3, -0.25) is 4.79 Å². The number of carbonyl (C=O) groups excluding carboxylic acids is 1. The van der Waals surface area contributed by atoms with Crippen LogP contribution in [0, 0.1) is 0 Å². The number of nitrogen functional groups attached to an aromatic ring is 1. The minimum absolute atomic E-state index is 0.0130. The fraction of sp³-hybridized carbons (Fsp3) is 0.400. The van der Waals surface area contributed by atoms with Crippen molar-refractivity contribution in [2.75, 3.05) is 24.8 Å². The third kappa shape index (κ3) is 3.09. The van der Waals surface area contributed by atoms with Crippen LogP contribution in [0.4, 0.5) is 11.5 Å². The van der Waals surface area contributed by atoms with Gasteiger partial charge in [0, 0.05) is 32.0 Å². The van der Waals surface area contributed by atoms with E-state index < -0.39 is 0 Å². The van der Waals surface area contributed by atoms with Crippen molar-refractivity contribution in [3.8, 4) is 0 Å². The standard InChI is InChI=1S/C10H17N5O/c1-7(10(16)15(2)3)13-8-4-5-12-9(6-8)14-11/h4-7H,11H2,1-3H3,(H2,12,13,14). The predicted molar refractivity (Wildman–Crippen MR) is 63.8 cm³/mol. The summed E-state index contributed by atoms with van der Waals surface area (Å²) in [5.41, 5.74) is 3.24. The van der Waals surface area contributed by atoms with Crippen LogP contribution in [0.15, 0.2) is 18.3 Å². The Labute approximate surface area is 94.8 Å². The van der Waals surface area contributed by atoms with E-state index >= 15 is 0 Å². The van der Waals surface area contributed by atoms with E-state index in [2.05, 4.69) is 15.7 Å². The number of likely N-dealkylation sites (N-methyl/N-ethyl adjacent to an activating group) is 1. The van der Waals surface area contributed by atoms with E-state index in [1.165, 1.54) is 0 Å². The third-order valence-corrected chi connectivity index (χ3v) is 2.10. The number of aromatic nitrogens is 1. The summed E-state index contributed by atoms with van der Waals surface area (Å²) in [4.78, 5) is 17.1. The number of anilines is 2. The summed E-state index contributed by atoms with van der Waals surface area (Å²) >= 11 is 0. The number of nitrogens with two attached hydrogens (primary N) is 1. The largest absolute Gasteiger partial charge is 0.374 e. The monoisotopic (exact) mass is 223 g/mol. The highest BCUT2D eigenvalue weighted by Crippen LogP contribution is 2.12. The summed E-state index contributed by atoms with van der Waals surface area (Å²) in [6.07, 6.45) is 1.62. The molecule has 0 bridgehead atoms. The fourth-order valence-electron chi connectivity index (χ4n) is 1.30. The van der Waals surface area contributed by atoms with Gasteiger partial charge in [0.1, 0.15) is 11.9 Å². The number of rotatable bonds is 4. The summed E-state index contributed by atoms with van der Waals surface area (Å²) in [5, 5.41) is 3.07. The first-order chi connectivity index (χ1) is 7.54. The van der Waals surface area contributed by atoms with Gasteiger partial charge in [-0.2, -0.15) is 0 Å². The number of amides is 1. The molecule has 1 rings (SSSR count). The Hall–Kier alpha value is -1.82. The number of hydrazine groups is 1. The van der Waals surface area contributed by atoms with Crippen LogP contribution in [0.5, 0.6) is 0 Å². The first-order valence-corrected chi connectivity index (χ1v) is 4.95. The summed E-state index contributed by atoms with van der Waals surface area (Å²) in [7, 11) is 3.44. The molecule has 0 aliphatic carbocycles. The van der Waals surface area contributed by atoms with E-state index in [1.54, 1.807) is 44.2 Å². The predicted octanol–water partition coefficient (Wildman–Crippen LogP) is 0.256. The zero-order valence-corrected chi connectivity index (χ0v) is 9.69. The average Bonchev–Trinajstić information content (AvgIpc) is 2.28. The Bertz CT molecular complexity index is 366. The lowest BCUT2D eigenvalue weighted by Gasteiger charge is -2.19. The lowest BCUT2D eigenvalue weighted by Crippen LogP contribution is -2.36. The first-order valence-electron chi connectivity index (χ1n) is 4.95.